The third kappa shape index (κ3) is 5.07. The lowest BCUT2D eigenvalue weighted by Gasteiger charge is -2.29. The number of nitrogens with zero attached hydrogens (tertiary/aromatic N) is 1. The van der Waals surface area contributed by atoms with Crippen LogP contribution in [0.1, 0.15) is 19.4 Å². The molecule has 0 atom stereocenters. The number of hydrogen-bond donors (Lipinski definition) is 1. The first-order valence-corrected chi connectivity index (χ1v) is 6.48. The summed E-state index contributed by atoms with van der Waals surface area (Å²) in [5.74, 6) is 0.913. The Morgan fingerprint density at radius 2 is 1.83 bits per heavy atom. The standard InChI is InChI=1S/C15H26N2O/c1-15(2,11-16)12-17(3)10-9-13-5-7-14(18-4)8-6-13/h5-8H,9-12,16H2,1-4H3. The Kier molecular flexibility index (Phi) is 5.63. The van der Waals surface area contributed by atoms with Gasteiger partial charge in [0.25, 0.3) is 0 Å². The topological polar surface area (TPSA) is 38.5 Å². The Morgan fingerprint density at radius 3 is 2.33 bits per heavy atom. The highest BCUT2D eigenvalue weighted by atomic mass is 16.5. The predicted molar refractivity (Wildman–Crippen MR) is 77.0 cm³/mol. The van der Waals surface area contributed by atoms with Crippen molar-refractivity contribution < 1.29 is 4.74 Å². The lowest BCUT2D eigenvalue weighted by Crippen LogP contribution is -2.37. The molecular weight excluding hydrogens is 224 g/mol. The van der Waals surface area contributed by atoms with Crippen molar-refractivity contribution in [1.29, 1.82) is 0 Å². The second-order valence-electron chi connectivity index (χ2n) is 5.70. The lowest BCUT2D eigenvalue weighted by molar-refractivity contribution is 0.218. The van der Waals surface area contributed by atoms with Crippen LogP contribution in [0.25, 0.3) is 0 Å². The summed E-state index contributed by atoms with van der Waals surface area (Å²) in [7, 11) is 3.85. The van der Waals surface area contributed by atoms with Crippen LogP contribution in [0.2, 0.25) is 0 Å². The molecule has 0 fully saturated rings. The minimum atomic E-state index is 0.189. The van der Waals surface area contributed by atoms with Gasteiger partial charge in [0.2, 0.25) is 0 Å². The Labute approximate surface area is 111 Å². The largest absolute Gasteiger partial charge is 0.497 e. The van der Waals surface area contributed by atoms with E-state index in [2.05, 4.69) is 37.9 Å². The Balaban J connectivity index is 2.39. The summed E-state index contributed by atoms with van der Waals surface area (Å²) < 4.78 is 5.15. The fourth-order valence-corrected chi connectivity index (χ4v) is 1.99. The molecule has 3 heteroatoms. The van der Waals surface area contributed by atoms with Gasteiger partial charge in [-0.2, -0.15) is 0 Å². The fraction of sp³-hybridized carbons (Fsp3) is 0.600. The van der Waals surface area contributed by atoms with Gasteiger partial charge in [-0.05, 0) is 43.1 Å². The van der Waals surface area contributed by atoms with Crippen molar-refractivity contribution in [2.24, 2.45) is 11.1 Å². The zero-order chi connectivity index (χ0) is 13.6. The number of benzene rings is 1. The highest BCUT2D eigenvalue weighted by Crippen LogP contribution is 2.15. The third-order valence-electron chi connectivity index (χ3n) is 3.19. The van der Waals surface area contributed by atoms with Crippen LogP contribution in [-0.4, -0.2) is 38.7 Å². The molecule has 0 spiro atoms. The first-order valence-electron chi connectivity index (χ1n) is 6.48. The number of methoxy groups -OCH3 is 1. The zero-order valence-electron chi connectivity index (χ0n) is 12.1. The molecule has 102 valence electrons. The van der Waals surface area contributed by atoms with Crippen molar-refractivity contribution in [2.75, 3.05) is 33.8 Å². The second-order valence-corrected chi connectivity index (χ2v) is 5.70. The molecule has 0 saturated carbocycles. The second kappa shape index (κ2) is 6.76. The Morgan fingerprint density at radius 1 is 1.22 bits per heavy atom. The molecule has 0 aliphatic heterocycles. The highest BCUT2D eigenvalue weighted by Gasteiger charge is 2.17. The molecule has 1 rings (SSSR count). The molecule has 0 unspecified atom stereocenters. The number of ether oxygens (including phenoxy) is 1. The molecule has 0 aromatic heterocycles. The van der Waals surface area contributed by atoms with Crippen LogP contribution >= 0.6 is 0 Å². The summed E-state index contributed by atoms with van der Waals surface area (Å²) in [6.45, 7) is 7.21. The van der Waals surface area contributed by atoms with Crippen molar-refractivity contribution in [2.45, 2.75) is 20.3 Å². The van der Waals surface area contributed by atoms with Crippen molar-refractivity contribution >= 4 is 0 Å². The molecule has 2 N–H and O–H groups in total. The van der Waals surface area contributed by atoms with Crippen LogP contribution in [-0.2, 0) is 6.42 Å². The predicted octanol–water partition coefficient (Wildman–Crippen LogP) is 2.15. The van der Waals surface area contributed by atoms with E-state index >= 15 is 0 Å². The number of likely N-dealkylation sites (N-methyl/N-ethyl adjacent to an activating group) is 1. The SMILES string of the molecule is COc1ccc(CCN(C)CC(C)(C)CN)cc1. The quantitative estimate of drug-likeness (QED) is 0.806. The number of nitrogens with two attached hydrogens (primary N) is 1. The van der Waals surface area contributed by atoms with Crippen molar-refractivity contribution in [3.63, 3.8) is 0 Å². The molecule has 1 aromatic carbocycles. The molecule has 0 bridgehead atoms. The van der Waals surface area contributed by atoms with Gasteiger partial charge in [0.1, 0.15) is 5.75 Å². The normalized spacial score (nSPS) is 11.9. The zero-order valence-corrected chi connectivity index (χ0v) is 12.1. The third-order valence-corrected chi connectivity index (χ3v) is 3.19. The van der Waals surface area contributed by atoms with Gasteiger partial charge >= 0.3 is 0 Å². The van der Waals surface area contributed by atoms with E-state index in [1.54, 1.807) is 7.11 Å². The average molecular weight is 250 g/mol. The number of hydrogen-bond acceptors (Lipinski definition) is 3. The summed E-state index contributed by atoms with van der Waals surface area (Å²) in [6, 6.07) is 8.28. The highest BCUT2D eigenvalue weighted by molar-refractivity contribution is 5.27. The molecule has 3 nitrogen and oxygen atoms in total. The monoisotopic (exact) mass is 250 g/mol. The summed E-state index contributed by atoms with van der Waals surface area (Å²) in [6.07, 6.45) is 1.06. The Bertz CT molecular complexity index is 346. The van der Waals surface area contributed by atoms with Crippen molar-refractivity contribution in [3.8, 4) is 5.75 Å². The lowest BCUT2D eigenvalue weighted by atomic mass is 9.93. The van der Waals surface area contributed by atoms with Gasteiger partial charge in [-0.15, -0.1) is 0 Å². The van der Waals surface area contributed by atoms with Gasteiger partial charge in [-0.1, -0.05) is 26.0 Å². The molecule has 0 heterocycles. The van der Waals surface area contributed by atoms with Gasteiger partial charge in [0, 0.05) is 13.1 Å². The van der Waals surface area contributed by atoms with E-state index in [4.69, 9.17) is 10.5 Å². The van der Waals surface area contributed by atoms with Gasteiger partial charge in [0.05, 0.1) is 7.11 Å². The number of rotatable bonds is 7. The molecule has 0 aliphatic carbocycles. The first-order chi connectivity index (χ1) is 8.46. The van der Waals surface area contributed by atoms with Crippen LogP contribution in [0.4, 0.5) is 0 Å². The minimum Gasteiger partial charge on any atom is -0.497 e. The van der Waals surface area contributed by atoms with Gasteiger partial charge in [-0.25, -0.2) is 0 Å². The van der Waals surface area contributed by atoms with E-state index in [1.165, 1.54) is 5.56 Å². The average Bonchev–Trinajstić information content (AvgIpc) is 2.36. The molecule has 0 radical (unpaired) electrons. The first kappa shape index (κ1) is 15.0. The van der Waals surface area contributed by atoms with E-state index in [9.17, 15) is 0 Å². The van der Waals surface area contributed by atoms with Crippen LogP contribution in [0.15, 0.2) is 24.3 Å². The van der Waals surface area contributed by atoms with Crippen LogP contribution < -0.4 is 10.5 Å². The molecule has 0 saturated heterocycles. The molecule has 1 aromatic rings. The smallest absolute Gasteiger partial charge is 0.118 e. The maximum absolute atomic E-state index is 5.75. The minimum absolute atomic E-state index is 0.189. The van der Waals surface area contributed by atoms with E-state index in [0.717, 1.165) is 31.8 Å². The maximum Gasteiger partial charge on any atom is 0.118 e. The van der Waals surface area contributed by atoms with Crippen molar-refractivity contribution in [3.05, 3.63) is 29.8 Å². The van der Waals surface area contributed by atoms with E-state index in [-0.39, 0.29) is 5.41 Å². The fourth-order valence-electron chi connectivity index (χ4n) is 1.99. The van der Waals surface area contributed by atoms with Gasteiger partial charge in [0.15, 0.2) is 0 Å². The van der Waals surface area contributed by atoms with Gasteiger partial charge in [-0.3, -0.25) is 0 Å². The van der Waals surface area contributed by atoms with Crippen LogP contribution in [0, 0.1) is 5.41 Å². The Hall–Kier alpha value is -1.06. The van der Waals surface area contributed by atoms with E-state index < -0.39 is 0 Å². The molecule has 0 aliphatic rings. The summed E-state index contributed by atoms with van der Waals surface area (Å²) >= 11 is 0. The molecule has 18 heavy (non-hydrogen) atoms. The van der Waals surface area contributed by atoms with E-state index in [0.29, 0.717) is 0 Å². The maximum atomic E-state index is 5.75. The van der Waals surface area contributed by atoms with Crippen molar-refractivity contribution in [1.82, 2.24) is 4.90 Å². The van der Waals surface area contributed by atoms with Crippen LogP contribution in [0.3, 0.4) is 0 Å². The van der Waals surface area contributed by atoms with E-state index in [1.807, 2.05) is 12.1 Å². The van der Waals surface area contributed by atoms with Gasteiger partial charge < -0.3 is 15.4 Å². The van der Waals surface area contributed by atoms with Crippen LogP contribution in [0.5, 0.6) is 5.75 Å². The summed E-state index contributed by atoms with van der Waals surface area (Å²) in [4.78, 5) is 2.34. The molecular formula is C15H26N2O. The summed E-state index contributed by atoms with van der Waals surface area (Å²) in [5, 5.41) is 0. The molecule has 0 amide bonds. The summed E-state index contributed by atoms with van der Waals surface area (Å²) in [5.41, 5.74) is 7.28.